The molecule has 0 unspecified atom stereocenters. The van der Waals surface area contributed by atoms with Crippen molar-refractivity contribution in [2.45, 2.75) is 32.2 Å². The van der Waals surface area contributed by atoms with Gasteiger partial charge in [-0.1, -0.05) is 6.07 Å². The summed E-state index contributed by atoms with van der Waals surface area (Å²) >= 11 is 0. The molecule has 1 saturated heterocycles. The highest BCUT2D eigenvalue weighted by atomic mass is 19.1. The van der Waals surface area contributed by atoms with E-state index in [9.17, 15) is 13.6 Å². The average Bonchev–Trinajstić information content (AvgIpc) is 3.49. The van der Waals surface area contributed by atoms with E-state index < -0.39 is 0 Å². The number of piperazine rings is 1. The molecule has 0 radical (unpaired) electrons. The first-order valence-electron chi connectivity index (χ1n) is 11.9. The molecule has 178 valence electrons. The van der Waals surface area contributed by atoms with Gasteiger partial charge in [-0.15, -0.1) is 0 Å². The Morgan fingerprint density at radius 2 is 1.71 bits per heavy atom. The Kier molecular flexibility index (Phi) is 4.91. The van der Waals surface area contributed by atoms with Crippen LogP contribution in [0.5, 0.6) is 0 Å². The lowest BCUT2D eigenvalue weighted by Gasteiger charge is -2.43. The molecular formula is C28H26F2N4O. The number of hydrogen-bond donors (Lipinski definition) is 0. The van der Waals surface area contributed by atoms with Gasteiger partial charge in [0.25, 0.3) is 5.91 Å². The molecule has 2 aliphatic rings. The number of fused-ring (bicyclic) bond motifs is 1. The average molecular weight is 473 g/mol. The third kappa shape index (κ3) is 3.66. The fraction of sp³-hybridized carbons (Fsp3) is 0.286. The zero-order chi connectivity index (χ0) is 24.3. The number of amides is 1. The molecule has 1 aliphatic heterocycles. The van der Waals surface area contributed by atoms with Crippen molar-refractivity contribution in [3.05, 3.63) is 89.1 Å². The number of anilines is 1. The number of hydrogen-bond acceptors (Lipinski definition) is 3. The van der Waals surface area contributed by atoms with Crippen LogP contribution in [0.4, 0.5) is 14.5 Å². The highest BCUT2D eigenvalue weighted by Gasteiger charge is 2.53. The minimum Gasteiger partial charge on any atom is -0.367 e. The van der Waals surface area contributed by atoms with Crippen LogP contribution in [0.1, 0.15) is 34.3 Å². The molecule has 1 amide bonds. The summed E-state index contributed by atoms with van der Waals surface area (Å²) in [5.41, 5.74) is 4.80. The summed E-state index contributed by atoms with van der Waals surface area (Å²) in [6, 6.07) is 15.3. The number of nitrogens with zero attached hydrogens (tertiary/aromatic N) is 4. The Labute approximate surface area is 202 Å². The predicted molar refractivity (Wildman–Crippen MR) is 132 cm³/mol. The van der Waals surface area contributed by atoms with Gasteiger partial charge in [0.15, 0.2) is 0 Å². The fourth-order valence-electron chi connectivity index (χ4n) is 5.25. The van der Waals surface area contributed by atoms with Crippen LogP contribution in [0.3, 0.4) is 0 Å². The van der Waals surface area contributed by atoms with Crippen LogP contribution >= 0.6 is 0 Å². The molecule has 1 spiro atoms. The van der Waals surface area contributed by atoms with Gasteiger partial charge in [-0.3, -0.25) is 4.79 Å². The molecular weight excluding hydrogens is 446 g/mol. The Bertz CT molecular complexity index is 1460. The Hall–Kier alpha value is -3.74. The van der Waals surface area contributed by atoms with Crippen molar-refractivity contribution >= 4 is 22.5 Å². The van der Waals surface area contributed by atoms with E-state index >= 15 is 0 Å². The lowest BCUT2D eigenvalue weighted by atomic mass is 10.0. The summed E-state index contributed by atoms with van der Waals surface area (Å²) < 4.78 is 29.3. The minimum atomic E-state index is -0.343. The molecule has 4 aromatic rings. The minimum absolute atomic E-state index is 0.0891. The third-order valence-electron chi connectivity index (χ3n) is 7.44. The summed E-state index contributed by atoms with van der Waals surface area (Å²) in [7, 11) is 0. The second kappa shape index (κ2) is 7.90. The lowest BCUT2D eigenvalue weighted by molar-refractivity contribution is 0.0624. The lowest BCUT2D eigenvalue weighted by Crippen LogP contribution is -2.57. The van der Waals surface area contributed by atoms with E-state index in [-0.39, 0.29) is 23.1 Å². The van der Waals surface area contributed by atoms with Crippen LogP contribution in [0.2, 0.25) is 0 Å². The van der Waals surface area contributed by atoms with Crippen LogP contribution in [-0.2, 0) is 0 Å². The van der Waals surface area contributed by atoms with Gasteiger partial charge in [-0.05, 0) is 86.3 Å². The molecule has 2 heterocycles. The molecule has 0 atom stereocenters. The maximum absolute atomic E-state index is 14.1. The van der Waals surface area contributed by atoms with Gasteiger partial charge in [0.2, 0.25) is 0 Å². The zero-order valence-corrected chi connectivity index (χ0v) is 19.8. The molecule has 7 heteroatoms. The van der Waals surface area contributed by atoms with E-state index in [0.29, 0.717) is 24.2 Å². The fourth-order valence-corrected chi connectivity index (χ4v) is 5.25. The number of carbonyl (C=O) groups is 1. The van der Waals surface area contributed by atoms with E-state index in [2.05, 4.69) is 29.1 Å². The predicted octanol–water partition coefficient (Wildman–Crippen LogP) is 5.42. The molecule has 0 bridgehead atoms. The first-order chi connectivity index (χ1) is 16.8. The maximum atomic E-state index is 14.1. The van der Waals surface area contributed by atoms with E-state index in [1.807, 2.05) is 15.8 Å². The summed E-state index contributed by atoms with van der Waals surface area (Å²) in [4.78, 5) is 17.6. The second-order valence-electron chi connectivity index (χ2n) is 9.80. The molecule has 1 aromatic heterocycles. The van der Waals surface area contributed by atoms with Gasteiger partial charge in [-0.2, -0.15) is 5.10 Å². The van der Waals surface area contributed by atoms with Crippen molar-refractivity contribution in [1.82, 2.24) is 14.7 Å². The maximum Gasteiger partial charge on any atom is 0.254 e. The van der Waals surface area contributed by atoms with Crippen molar-refractivity contribution in [2.24, 2.45) is 0 Å². The topological polar surface area (TPSA) is 41.4 Å². The Morgan fingerprint density at radius 3 is 2.43 bits per heavy atom. The molecule has 5 nitrogen and oxygen atoms in total. The third-order valence-corrected chi connectivity index (χ3v) is 7.44. The van der Waals surface area contributed by atoms with Crippen LogP contribution in [0, 0.1) is 25.5 Å². The second-order valence-corrected chi connectivity index (χ2v) is 9.80. The van der Waals surface area contributed by atoms with Crippen LogP contribution in [0.15, 0.2) is 60.8 Å². The normalized spacial score (nSPS) is 16.8. The highest BCUT2D eigenvalue weighted by Crippen LogP contribution is 2.46. The monoisotopic (exact) mass is 472 g/mol. The van der Waals surface area contributed by atoms with Crippen molar-refractivity contribution in [3.8, 4) is 5.69 Å². The Morgan fingerprint density at radius 1 is 0.943 bits per heavy atom. The van der Waals surface area contributed by atoms with E-state index in [0.717, 1.165) is 47.2 Å². The summed E-state index contributed by atoms with van der Waals surface area (Å²) in [5, 5.41) is 5.55. The SMILES string of the molecule is Cc1ccc(C(=O)N2CCN(c3cc4cnn(-c5ccc(F)cc5)c4cc3C)CC23CC3)cc1F. The van der Waals surface area contributed by atoms with Crippen molar-refractivity contribution in [1.29, 1.82) is 0 Å². The number of aromatic nitrogens is 2. The van der Waals surface area contributed by atoms with Crippen LogP contribution < -0.4 is 4.90 Å². The number of benzene rings is 3. The van der Waals surface area contributed by atoms with Crippen LogP contribution in [-0.4, -0.2) is 45.8 Å². The van der Waals surface area contributed by atoms with Gasteiger partial charge in [0, 0.05) is 36.3 Å². The number of carbonyl (C=O) groups excluding carboxylic acids is 1. The highest BCUT2D eigenvalue weighted by molar-refractivity contribution is 5.95. The molecule has 3 aromatic carbocycles. The molecule has 0 N–H and O–H groups in total. The molecule has 35 heavy (non-hydrogen) atoms. The van der Waals surface area contributed by atoms with Crippen molar-refractivity contribution in [2.75, 3.05) is 24.5 Å². The van der Waals surface area contributed by atoms with Gasteiger partial charge < -0.3 is 9.80 Å². The summed E-state index contributed by atoms with van der Waals surface area (Å²) in [5.74, 6) is -0.707. The standard InChI is InChI=1S/C28H26F2N4O/c1-18-3-4-20(14-24(18)30)27(35)33-12-11-32(17-28(33)9-10-28)25-15-21-16-31-34(26(21)13-19(25)2)23-7-5-22(29)6-8-23/h3-8,13-16H,9-12,17H2,1-2H3. The van der Waals surface area contributed by atoms with Gasteiger partial charge >= 0.3 is 0 Å². The number of aryl methyl sites for hydroxylation is 2. The largest absolute Gasteiger partial charge is 0.367 e. The molecule has 2 fully saturated rings. The first-order valence-corrected chi connectivity index (χ1v) is 11.9. The van der Waals surface area contributed by atoms with Crippen molar-refractivity contribution < 1.29 is 13.6 Å². The van der Waals surface area contributed by atoms with E-state index in [1.54, 1.807) is 31.2 Å². The smallest absolute Gasteiger partial charge is 0.254 e. The number of halogens is 2. The quantitative estimate of drug-likeness (QED) is 0.400. The molecule has 6 rings (SSSR count). The first kappa shape index (κ1) is 21.8. The van der Waals surface area contributed by atoms with Gasteiger partial charge in [0.1, 0.15) is 11.6 Å². The van der Waals surface area contributed by atoms with E-state index in [1.165, 1.54) is 18.2 Å². The summed E-state index contributed by atoms with van der Waals surface area (Å²) in [6.45, 7) is 5.85. The molecule has 1 aliphatic carbocycles. The number of rotatable bonds is 3. The zero-order valence-electron chi connectivity index (χ0n) is 19.8. The van der Waals surface area contributed by atoms with Gasteiger partial charge in [-0.25, -0.2) is 13.5 Å². The van der Waals surface area contributed by atoms with Gasteiger partial charge in [0.05, 0.1) is 22.9 Å². The van der Waals surface area contributed by atoms with E-state index in [4.69, 9.17) is 0 Å². The molecule has 1 saturated carbocycles. The van der Waals surface area contributed by atoms with Crippen LogP contribution in [0.25, 0.3) is 16.6 Å². The van der Waals surface area contributed by atoms with Crippen molar-refractivity contribution in [3.63, 3.8) is 0 Å². The summed E-state index contributed by atoms with van der Waals surface area (Å²) in [6.07, 6.45) is 3.74. The Balaban J connectivity index is 1.27.